The normalized spacial score (nSPS) is 23.0. The van der Waals surface area contributed by atoms with E-state index in [2.05, 4.69) is 19.2 Å². The summed E-state index contributed by atoms with van der Waals surface area (Å²) in [5.74, 6) is 0. The van der Waals surface area contributed by atoms with Crippen LogP contribution in [0.25, 0.3) is 0 Å². The number of rotatable bonds is 3. The molecule has 1 aliphatic carbocycles. The second-order valence-corrected chi connectivity index (χ2v) is 4.30. The average Bonchev–Trinajstić information content (AvgIpc) is 2.05. The van der Waals surface area contributed by atoms with Crippen molar-refractivity contribution in [3.05, 3.63) is 0 Å². The van der Waals surface area contributed by atoms with Gasteiger partial charge in [0, 0.05) is 11.6 Å². The van der Waals surface area contributed by atoms with E-state index in [9.17, 15) is 5.11 Å². The number of hydrogen-bond donors (Lipinski definition) is 2. The Morgan fingerprint density at radius 1 is 1.25 bits per heavy atom. The molecule has 0 saturated heterocycles. The highest BCUT2D eigenvalue weighted by Gasteiger charge is 2.31. The molecule has 1 saturated carbocycles. The Labute approximate surface area is 75.4 Å². The lowest BCUT2D eigenvalue weighted by Crippen LogP contribution is -2.52. The van der Waals surface area contributed by atoms with Crippen molar-refractivity contribution in [1.82, 2.24) is 5.32 Å². The minimum atomic E-state index is 0.0480. The van der Waals surface area contributed by atoms with E-state index in [1.165, 1.54) is 19.3 Å². The molecule has 12 heavy (non-hydrogen) atoms. The van der Waals surface area contributed by atoms with E-state index < -0.39 is 0 Å². The van der Waals surface area contributed by atoms with Crippen LogP contribution in [-0.2, 0) is 0 Å². The zero-order valence-electron chi connectivity index (χ0n) is 8.27. The van der Waals surface area contributed by atoms with Gasteiger partial charge >= 0.3 is 0 Å². The molecule has 1 aliphatic rings. The van der Waals surface area contributed by atoms with Crippen LogP contribution in [-0.4, -0.2) is 23.3 Å². The van der Waals surface area contributed by atoms with Crippen molar-refractivity contribution in [1.29, 1.82) is 0 Å². The van der Waals surface area contributed by atoms with E-state index in [1.54, 1.807) is 0 Å². The van der Waals surface area contributed by atoms with Gasteiger partial charge in [0.1, 0.15) is 0 Å². The van der Waals surface area contributed by atoms with Gasteiger partial charge in [0.2, 0.25) is 0 Å². The zero-order chi connectivity index (χ0) is 9.03. The van der Waals surface area contributed by atoms with Crippen LogP contribution in [0, 0.1) is 0 Å². The summed E-state index contributed by atoms with van der Waals surface area (Å²) in [6.07, 6.45) is 6.14. The van der Waals surface area contributed by atoms with Gasteiger partial charge < -0.3 is 10.4 Å². The molecule has 0 aromatic heterocycles. The summed E-state index contributed by atoms with van der Waals surface area (Å²) in [5.41, 5.74) is 0.0480. The molecule has 0 aromatic rings. The number of nitrogens with one attached hydrogen (secondary N) is 1. The molecule has 0 spiro atoms. The fourth-order valence-electron chi connectivity index (χ4n) is 2.19. The van der Waals surface area contributed by atoms with Crippen molar-refractivity contribution in [2.75, 3.05) is 6.61 Å². The van der Waals surface area contributed by atoms with E-state index in [0.717, 1.165) is 12.8 Å². The van der Waals surface area contributed by atoms with Crippen molar-refractivity contribution in [3.8, 4) is 0 Å². The highest BCUT2D eigenvalue weighted by atomic mass is 16.3. The minimum absolute atomic E-state index is 0.0480. The van der Waals surface area contributed by atoms with Crippen LogP contribution in [0.2, 0.25) is 0 Å². The van der Waals surface area contributed by atoms with E-state index >= 15 is 0 Å². The Kier molecular flexibility index (Phi) is 3.53. The van der Waals surface area contributed by atoms with Crippen molar-refractivity contribution < 1.29 is 5.11 Å². The summed E-state index contributed by atoms with van der Waals surface area (Å²) in [6, 6.07) is 0.482. The summed E-state index contributed by atoms with van der Waals surface area (Å²) in [4.78, 5) is 0. The predicted octanol–water partition coefficient (Wildman–Crippen LogP) is 1.68. The molecule has 0 heterocycles. The van der Waals surface area contributed by atoms with Crippen molar-refractivity contribution in [3.63, 3.8) is 0 Å². The second kappa shape index (κ2) is 4.24. The molecule has 2 heteroatoms. The van der Waals surface area contributed by atoms with Gasteiger partial charge in [-0.25, -0.2) is 0 Å². The fraction of sp³-hybridized carbons (Fsp3) is 1.00. The number of aliphatic hydroxyl groups excluding tert-OH is 1. The summed E-state index contributed by atoms with van der Waals surface area (Å²) >= 11 is 0. The topological polar surface area (TPSA) is 32.3 Å². The molecule has 0 unspecified atom stereocenters. The van der Waals surface area contributed by atoms with Crippen LogP contribution in [0.4, 0.5) is 0 Å². The zero-order valence-corrected chi connectivity index (χ0v) is 8.27. The Morgan fingerprint density at radius 3 is 2.25 bits per heavy atom. The van der Waals surface area contributed by atoms with Crippen molar-refractivity contribution >= 4 is 0 Å². The Hall–Kier alpha value is -0.0800. The number of hydrogen-bond acceptors (Lipinski definition) is 2. The summed E-state index contributed by atoms with van der Waals surface area (Å²) in [6.45, 7) is 4.59. The molecule has 0 atom stereocenters. The molecular weight excluding hydrogens is 150 g/mol. The quantitative estimate of drug-likeness (QED) is 0.677. The lowest BCUT2D eigenvalue weighted by atomic mass is 9.82. The van der Waals surface area contributed by atoms with Gasteiger partial charge in [0.05, 0.1) is 6.61 Å². The summed E-state index contributed by atoms with van der Waals surface area (Å²) < 4.78 is 0. The first-order chi connectivity index (χ1) is 5.68. The van der Waals surface area contributed by atoms with Gasteiger partial charge in [-0.05, 0) is 12.8 Å². The standard InChI is InChI=1S/C10H21NO/c1-9(2)11-10(8-12)6-4-3-5-7-10/h9,11-12H,3-8H2,1-2H3. The maximum Gasteiger partial charge on any atom is 0.0613 e. The largest absolute Gasteiger partial charge is 0.394 e. The molecule has 0 aliphatic heterocycles. The van der Waals surface area contributed by atoms with Crippen molar-refractivity contribution in [2.45, 2.75) is 57.5 Å². The molecule has 0 bridgehead atoms. The van der Waals surface area contributed by atoms with Gasteiger partial charge in [-0.2, -0.15) is 0 Å². The minimum Gasteiger partial charge on any atom is -0.394 e. The predicted molar refractivity (Wildman–Crippen MR) is 51.2 cm³/mol. The second-order valence-electron chi connectivity index (χ2n) is 4.30. The van der Waals surface area contributed by atoms with Gasteiger partial charge in [-0.1, -0.05) is 33.1 Å². The van der Waals surface area contributed by atoms with E-state index in [-0.39, 0.29) is 5.54 Å². The molecule has 2 N–H and O–H groups in total. The molecule has 0 radical (unpaired) electrons. The smallest absolute Gasteiger partial charge is 0.0613 e. The maximum atomic E-state index is 9.33. The molecule has 1 rings (SSSR count). The molecule has 1 fully saturated rings. The van der Waals surface area contributed by atoms with Crippen LogP contribution < -0.4 is 5.32 Å². The van der Waals surface area contributed by atoms with Crippen molar-refractivity contribution in [2.24, 2.45) is 0 Å². The van der Waals surface area contributed by atoms with Crippen LogP contribution in [0.5, 0.6) is 0 Å². The molecule has 0 aromatic carbocycles. The van der Waals surface area contributed by atoms with Gasteiger partial charge in [-0.3, -0.25) is 0 Å². The van der Waals surface area contributed by atoms with Crippen LogP contribution in [0.3, 0.4) is 0 Å². The highest BCUT2D eigenvalue weighted by Crippen LogP contribution is 2.27. The molecule has 0 amide bonds. The lowest BCUT2D eigenvalue weighted by Gasteiger charge is -2.38. The summed E-state index contributed by atoms with van der Waals surface area (Å²) in [5, 5.41) is 12.8. The Morgan fingerprint density at radius 2 is 1.83 bits per heavy atom. The average molecular weight is 171 g/mol. The summed E-state index contributed by atoms with van der Waals surface area (Å²) in [7, 11) is 0. The third-order valence-corrected chi connectivity index (χ3v) is 2.71. The van der Waals surface area contributed by atoms with E-state index in [1.807, 2.05) is 0 Å². The lowest BCUT2D eigenvalue weighted by molar-refractivity contribution is 0.113. The maximum absolute atomic E-state index is 9.33. The first-order valence-electron chi connectivity index (χ1n) is 5.07. The molecular formula is C10H21NO. The third kappa shape index (κ3) is 2.46. The highest BCUT2D eigenvalue weighted by molar-refractivity contribution is 4.91. The van der Waals surface area contributed by atoms with Gasteiger partial charge in [0.15, 0.2) is 0 Å². The van der Waals surface area contributed by atoms with Gasteiger partial charge in [0.25, 0.3) is 0 Å². The molecule has 2 nitrogen and oxygen atoms in total. The monoisotopic (exact) mass is 171 g/mol. The third-order valence-electron chi connectivity index (χ3n) is 2.71. The first-order valence-corrected chi connectivity index (χ1v) is 5.07. The van der Waals surface area contributed by atoms with Crippen LogP contribution >= 0.6 is 0 Å². The van der Waals surface area contributed by atoms with E-state index in [4.69, 9.17) is 0 Å². The van der Waals surface area contributed by atoms with Crippen LogP contribution in [0.15, 0.2) is 0 Å². The van der Waals surface area contributed by atoms with Crippen LogP contribution in [0.1, 0.15) is 46.0 Å². The fourth-order valence-corrected chi connectivity index (χ4v) is 2.19. The Bertz CT molecular complexity index is 128. The Balaban J connectivity index is 2.48. The van der Waals surface area contributed by atoms with E-state index in [0.29, 0.717) is 12.6 Å². The SMILES string of the molecule is CC(C)NC1(CO)CCCCC1. The molecule has 72 valence electrons. The number of aliphatic hydroxyl groups is 1. The van der Waals surface area contributed by atoms with Gasteiger partial charge in [-0.15, -0.1) is 0 Å². The first kappa shape index (κ1) is 10.0.